The van der Waals surface area contributed by atoms with Gasteiger partial charge in [0.15, 0.2) is 5.82 Å². The van der Waals surface area contributed by atoms with Gasteiger partial charge in [-0.1, -0.05) is 0 Å². The fourth-order valence-electron chi connectivity index (χ4n) is 7.12. The second kappa shape index (κ2) is 17.3. The first-order valence-corrected chi connectivity index (χ1v) is 18.3. The largest absolute Gasteiger partial charge is 0.490 e. The zero-order valence-electron chi connectivity index (χ0n) is 29.7. The van der Waals surface area contributed by atoms with E-state index in [9.17, 15) is 9.18 Å². The average Bonchev–Trinajstić information content (AvgIpc) is 3.11. The summed E-state index contributed by atoms with van der Waals surface area (Å²) >= 11 is 0. The van der Waals surface area contributed by atoms with Crippen molar-refractivity contribution in [3.8, 4) is 17.4 Å². The highest BCUT2D eigenvalue weighted by atomic mass is 19.1. The Hall–Kier alpha value is -3.94. The van der Waals surface area contributed by atoms with Gasteiger partial charge in [-0.05, 0) is 83.9 Å². The second-order valence-corrected chi connectivity index (χ2v) is 13.6. The molecule has 12 nitrogen and oxygen atoms in total. The van der Waals surface area contributed by atoms with E-state index in [1.807, 2.05) is 33.0 Å². The van der Waals surface area contributed by atoms with E-state index >= 15 is 0 Å². The molecule has 2 saturated heterocycles. The molecule has 3 aliphatic rings. The van der Waals surface area contributed by atoms with E-state index in [0.717, 1.165) is 89.5 Å². The summed E-state index contributed by atoms with van der Waals surface area (Å²) in [5.41, 5.74) is 2.48. The maximum Gasteiger partial charge on any atom is 0.282 e. The molecule has 3 aromatic rings. The molecule has 5 heterocycles. The Balaban J connectivity index is 1.06. The summed E-state index contributed by atoms with van der Waals surface area (Å²) in [5.74, 6) is 1.01. The quantitative estimate of drug-likeness (QED) is 0.257. The van der Waals surface area contributed by atoms with E-state index in [1.54, 1.807) is 4.90 Å². The van der Waals surface area contributed by atoms with Crippen LogP contribution in [0.15, 0.2) is 36.8 Å². The fraction of sp³-hybridized carbons (Fsp3) is 0.595. The van der Waals surface area contributed by atoms with Crippen LogP contribution < -0.4 is 14.4 Å². The molecular formula is C37H51FN8O4. The number of ether oxygens (including phenoxy) is 3. The number of nitrogens with zero attached hydrogens (tertiary/aromatic N) is 8. The van der Waals surface area contributed by atoms with Crippen molar-refractivity contribution in [3.63, 3.8) is 0 Å². The van der Waals surface area contributed by atoms with Gasteiger partial charge in [0.25, 0.3) is 11.8 Å². The lowest BCUT2D eigenvalue weighted by Crippen LogP contribution is -2.39. The van der Waals surface area contributed by atoms with Crippen LogP contribution in [0, 0.1) is 5.82 Å². The number of hydrogen-bond donors (Lipinski definition) is 0. The molecule has 2 fully saturated rings. The number of hydrogen-bond acceptors (Lipinski definition) is 11. The summed E-state index contributed by atoms with van der Waals surface area (Å²) in [7, 11) is 0. The lowest BCUT2D eigenvalue weighted by molar-refractivity contribution is 0.0713. The molecule has 50 heavy (non-hydrogen) atoms. The van der Waals surface area contributed by atoms with Crippen molar-refractivity contribution in [2.24, 2.45) is 0 Å². The first-order valence-electron chi connectivity index (χ1n) is 18.3. The van der Waals surface area contributed by atoms with Crippen LogP contribution in [0.4, 0.5) is 10.2 Å². The van der Waals surface area contributed by atoms with Gasteiger partial charge < -0.3 is 28.9 Å². The number of pyridine rings is 1. The molecule has 0 saturated carbocycles. The average molecular weight is 691 g/mol. The van der Waals surface area contributed by atoms with Crippen LogP contribution in [0.25, 0.3) is 0 Å². The molecule has 2 aromatic heterocycles. The van der Waals surface area contributed by atoms with Gasteiger partial charge in [-0.2, -0.15) is 0 Å². The molecule has 0 unspecified atom stereocenters. The Morgan fingerprint density at radius 3 is 2.68 bits per heavy atom. The summed E-state index contributed by atoms with van der Waals surface area (Å²) in [6.45, 7) is 15.5. The molecule has 3 aliphatic heterocycles. The number of fused-ring (bicyclic) bond motifs is 1. The third-order valence-corrected chi connectivity index (χ3v) is 9.87. The topological polar surface area (TPSA) is 109 Å². The molecule has 6 rings (SSSR count). The molecule has 1 amide bonds. The molecule has 1 aromatic carbocycles. The van der Waals surface area contributed by atoms with E-state index in [2.05, 4.69) is 29.9 Å². The highest BCUT2D eigenvalue weighted by Crippen LogP contribution is 2.34. The highest BCUT2D eigenvalue weighted by Gasteiger charge is 2.29. The molecule has 13 heteroatoms. The number of piperidine rings is 1. The monoisotopic (exact) mass is 690 g/mol. The van der Waals surface area contributed by atoms with Gasteiger partial charge in [0.05, 0.1) is 12.2 Å². The number of anilines is 1. The number of carbonyl (C=O) groups is 1. The number of rotatable bonds is 12. The van der Waals surface area contributed by atoms with E-state index < -0.39 is 5.82 Å². The van der Waals surface area contributed by atoms with Crippen molar-refractivity contribution in [2.45, 2.75) is 78.0 Å². The van der Waals surface area contributed by atoms with Crippen molar-refractivity contribution >= 4 is 11.7 Å². The zero-order chi connectivity index (χ0) is 34.9. The van der Waals surface area contributed by atoms with Crippen molar-refractivity contribution in [2.75, 3.05) is 70.5 Å². The first-order chi connectivity index (χ1) is 24.4. The van der Waals surface area contributed by atoms with Crippen LogP contribution in [-0.4, -0.2) is 118 Å². The standard InChI is InChI=1S/C37H51FN8O4/c1-4-46(27(2)3)37(47)30-24-28(38)8-9-33(30)50-36-35(40-26-41-42-36)45-19-11-29(12-20-45)49-34-10-14-39-32-13-18-44(25-31(32)34)17-7-16-43-15-5-6-22-48-23-21-43/h8-10,14,24,26-27,29H,4-7,11-13,15-23,25H2,1-3H3. The number of carbonyl (C=O) groups excluding carboxylic acids is 1. The number of amides is 1. The summed E-state index contributed by atoms with van der Waals surface area (Å²) in [6.07, 6.45) is 9.30. The first kappa shape index (κ1) is 35.9. The summed E-state index contributed by atoms with van der Waals surface area (Å²) in [6, 6.07) is 5.89. The maximum absolute atomic E-state index is 14.3. The Morgan fingerprint density at radius 2 is 1.86 bits per heavy atom. The Labute approximate surface area is 294 Å². The molecule has 0 aliphatic carbocycles. The minimum absolute atomic E-state index is 0.0408. The van der Waals surface area contributed by atoms with E-state index in [4.69, 9.17) is 19.2 Å². The summed E-state index contributed by atoms with van der Waals surface area (Å²) < 4.78 is 32.9. The third kappa shape index (κ3) is 9.04. The van der Waals surface area contributed by atoms with Crippen LogP contribution in [-0.2, 0) is 17.7 Å². The van der Waals surface area contributed by atoms with E-state index in [0.29, 0.717) is 25.5 Å². The fourth-order valence-corrected chi connectivity index (χ4v) is 7.12. The molecule has 270 valence electrons. The number of halogens is 1. The molecule has 0 atom stereocenters. The van der Waals surface area contributed by atoms with E-state index in [-0.39, 0.29) is 35.2 Å². The Kier molecular flexibility index (Phi) is 12.4. The van der Waals surface area contributed by atoms with E-state index in [1.165, 1.54) is 43.1 Å². The summed E-state index contributed by atoms with van der Waals surface area (Å²) in [4.78, 5) is 31.4. The molecule has 0 N–H and O–H groups in total. The van der Waals surface area contributed by atoms with Gasteiger partial charge in [0.2, 0.25) is 0 Å². The van der Waals surface area contributed by atoms with Crippen LogP contribution in [0.1, 0.15) is 74.5 Å². The normalized spacial score (nSPS) is 18.0. The minimum atomic E-state index is -0.516. The van der Waals surface area contributed by atoms with Gasteiger partial charge in [0.1, 0.15) is 29.7 Å². The smallest absolute Gasteiger partial charge is 0.282 e. The van der Waals surface area contributed by atoms with Crippen molar-refractivity contribution in [1.82, 2.24) is 34.9 Å². The zero-order valence-corrected chi connectivity index (χ0v) is 29.7. The SMILES string of the molecule is CCN(C(=O)c1cc(F)ccc1Oc1nncnc1N1CCC(Oc2ccnc3c2CN(CCCN2CCCCOCC2)CC3)CC1)C(C)C. The Bertz CT molecular complexity index is 1560. The van der Waals surface area contributed by atoms with Gasteiger partial charge in [-0.15, -0.1) is 10.2 Å². The Morgan fingerprint density at radius 1 is 1.02 bits per heavy atom. The van der Waals surface area contributed by atoms with Gasteiger partial charge in [0, 0.05) is 88.6 Å². The number of benzene rings is 1. The predicted molar refractivity (Wildman–Crippen MR) is 188 cm³/mol. The summed E-state index contributed by atoms with van der Waals surface area (Å²) in [5, 5.41) is 8.17. The third-order valence-electron chi connectivity index (χ3n) is 9.87. The lowest BCUT2D eigenvalue weighted by atomic mass is 10.0. The molecule has 0 spiro atoms. The maximum atomic E-state index is 14.3. The molecule has 0 radical (unpaired) electrons. The van der Waals surface area contributed by atoms with Crippen molar-refractivity contribution < 1.29 is 23.4 Å². The molecule has 0 bridgehead atoms. The highest BCUT2D eigenvalue weighted by molar-refractivity contribution is 5.97. The van der Waals surface area contributed by atoms with Gasteiger partial charge in [-0.25, -0.2) is 9.37 Å². The second-order valence-electron chi connectivity index (χ2n) is 13.6. The van der Waals surface area contributed by atoms with Crippen molar-refractivity contribution in [3.05, 3.63) is 59.4 Å². The van der Waals surface area contributed by atoms with Gasteiger partial charge >= 0.3 is 0 Å². The predicted octanol–water partition coefficient (Wildman–Crippen LogP) is 4.98. The van der Waals surface area contributed by atoms with Gasteiger partial charge in [-0.3, -0.25) is 14.7 Å². The van der Waals surface area contributed by atoms with Crippen LogP contribution in [0.2, 0.25) is 0 Å². The van der Waals surface area contributed by atoms with Crippen LogP contribution in [0.3, 0.4) is 0 Å². The van der Waals surface area contributed by atoms with Crippen molar-refractivity contribution in [1.29, 1.82) is 0 Å². The minimum Gasteiger partial charge on any atom is -0.490 e. The number of aromatic nitrogens is 4. The van der Waals surface area contributed by atoms with Crippen LogP contribution >= 0.6 is 0 Å². The molecular weight excluding hydrogens is 639 g/mol. The van der Waals surface area contributed by atoms with Crippen LogP contribution in [0.5, 0.6) is 17.4 Å². The lowest BCUT2D eigenvalue weighted by Gasteiger charge is -2.35.